The second-order valence-corrected chi connectivity index (χ2v) is 6.31. The molecule has 134 valence electrons. The molecule has 1 unspecified atom stereocenters. The van der Waals surface area contributed by atoms with Crippen LogP contribution in [0.1, 0.15) is 26.3 Å². The third-order valence-electron chi connectivity index (χ3n) is 4.07. The Kier molecular flexibility index (Phi) is 6.71. The van der Waals surface area contributed by atoms with Gasteiger partial charge in [-0.2, -0.15) is 0 Å². The Morgan fingerprint density at radius 3 is 2.36 bits per heavy atom. The van der Waals surface area contributed by atoms with Crippen molar-refractivity contribution in [2.75, 3.05) is 23.3 Å². The maximum absolute atomic E-state index is 12.4. The van der Waals surface area contributed by atoms with Gasteiger partial charge >= 0.3 is 0 Å². The summed E-state index contributed by atoms with van der Waals surface area (Å²) in [4.78, 5) is 14.6. The average molecular weight is 361 g/mol. The zero-order valence-corrected chi connectivity index (χ0v) is 15.9. The Balaban J connectivity index is 1.98. The molecule has 0 spiro atoms. The van der Waals surface area contributed by atoms with Crippen molar-refractivity contribution in [2.24, 2.45) is 0 Å². The second kappa shape index (κ2) is 8.77. The molecule has 2 aromatic carbocycles. The van der Waals surface area contributed by atoms with E-state index in [2.05, 4.69) is 24.1 Å². The Bertz CT molecular complexity index is 712. The van der Waals surface area contributed by atoms with E-state index in [4.69, 9.17) is 16.3 Å². The van der Waals surface area contributed by atoms with E-state index in [1.165, 1.54) is 0 Å². The van der Waals surface area contributed by atoms with Gasteiger partial charge in [-0.25, -0.2) is 0 Å². The summed E-state index contributed by atoms with van der Waals surface area (Å²) in [5, 5.41) is 3.53. The summed E-state index contributed by atoms with van der Waals surface area (Å²) in [5.74, 6) is 0.467. The predicted molar refractivity (Wildman–Crippen MR) is 105 cm³/mol. The van der Waals surface area contributed by atoms with Gasteiger partial charge in [-0.3, -0.25) is 4.79 Å². The number of anilines is 2. The molecule has 0 aliphatic rings. The van der Waals surface area contributed by atoms with Crippen molar-refractivity contribution in [1.29, 1.82) is 0 Å². The van der Waals surface area contributed by atoms with Gasteiger partial charge in [-0.05, 0) is 75.7 Å². The molecule has 0 saturated heterocycles. The standard InChI is InChI=1S/C20H25ClN2O2/c1-5-23(6-2)18-10-8-17(9-11-18)22-20(24)15(4)25-19-12-7-16(21)13-14(19)3/h7-13,15H,5-6H2,1-4H3,(H,22,24). The molecule has 0 aromatic heterocycles. The van der Waals surface area contributed by atoms with E-state index >= 15 is 0 Å². The fourth-order valence-corrected chi connectivity index (χ4v) is 2.80. The maximum atomic E-state index is 12.4. The Morgan fingerprint density at radius 1 is 1.16 bits per heavy atom. The first-order valence-corrected chi connectivity index (χ1v) is 8.91. The lowest BCUT2D eigenvalue weighted by Gasteiger charge is -2.21. The van der Waals surface area contributed by atoms with Crippen LogP contribution in [0.5, 0.6) is 5.75 Å². The Labute approximate surface area is 154 Å². The van der Waals surface area contributed by atoms with Crippen LogP contribution in [0.2, 0.25) is 5.02 Å². The molecule has 0 saturated carbocycles. The highest BCUT2D eigenvalue weighted by Gasteiger charge is 2.16. The van der Waals surface area contributed by atoms with Crippen LogP contribution >= 0.6 is 11.6 Å². The van der Waals surface area contributed by atoms with Gasteiger partial charge in [-0.15, -0.1) is 0 Å². The number of hydrogen-bond acceptors (Lipinski definition) is 3. The molecule has 0 bridgehead atoms. The summed E-state index contributed by atoms with van der Waals surface area (Å²) in [7, 11) is 0. The highest BCUT2D eigenvalue weighted by Crippen LogP contribution is 2.23. The molecule has 1 N–H and O–H groups in total. The molecule has 5 heteroatoms. The number of nitrogens with one attached hydrogen (secondary N) is 1. The smallest absolute Gasteiger partial charge is 0.265 e. The zero-order valence-electron chi connectivity index (χ0n) is 15.2. The van der Waals surface area contributed by atoms with Crippen LogP contribution in [0.25, 0.3) is 0 Å². The molecule has 1 atom stereocenters. The molecule has 2 aromatic rings. The number of halogens is 1. The van der Waals surface area contributed by atoms with Gasteiger partial charge in [-0.1, -0.05) is 11.6 Å². The number of rotatable bonds is 7. The van der Waals surface area contributed by atoms with Crippen LogP contribution < -0.4 is 15.0 Å². The molecule has 0 aliphatic heterocycles. The number of carbonyl (C=O) groups excluding carboxylic acids is 1. The molecule has 0 heterocycles. The lowest BCUT2D eigenvalue weighted by Crippen LogP contribution is -2.30. The van der Waals surface area contributed by atoms with Gasteiger partial charge in [0, 0.05) is 29.5 Å². The Hall–Kier alpha value is -2.20. The third-order valence-corrected chi connectivity index (χ3v) is 4.31. The predicted octanol–water partition coefficient (Wildman–Crippen LogP) is 4.90. The molecule has 2 rings (SSSR count). The fourth-order valence-electron chi connectivity index (χ4n) is 2.58. The summed E-state index contributed by atoms with van der Waals surface area (Å²) in [6, 6.07) is 13.2. The lowest BCUT2D eigenvalue weighted by molar-refractivity contribution is -0.122. The van der Waals surface area contributed by atoms with Crippen molar-refractivity contribution >= 4 is 28.9 Å². The van der Waals surface area contributed by atoms with Gasteiger partial charge < -0.3 is 15.0 Å². The first-order valence-electron chi connectivity index (χ1n) is 8.53. The monoisotopic (exact) mass is 360 g/mol. The summed E-state index contributed by atoms with van der Waals surface area (Å²) < 4.78 is 5.75. The lowest BCUT2D eigenvalue weighted by atomic mass is 10.2. The van der Waals surface area contributed by atoms with Crippen LogP contribution in [-0.2, 0) is 4.79 Å². The van der Waals surface area contributed by atoms with E-state index in [1.54, 1.807) is 19.1 Å². The normalized spacial score (nSPS) is 11.7. The number of nitrogens with zero attached hydrogens (tertiary/aromatic N) is 1. The van der Waals surface area contributed by atoms with Crippen LogP contribution in [0, 0.1) is 6.92 Å². The number of amides is 1. The van der Waals surface area contributed by atoms with Gasteiger partial charge in [0.15, 0.2) is 6.10 Å². The van der Waals surface area contributed by atoms with E-state index < -0.39 is 6.10 Å². The van der Waals surface area contributed by atoms with Crippen molar-refractivity contribution in [3.8, 4) is 5.75 Å². The fraction of sp³-hybridized carbons (Fsp3) is 0.350. The van der Waals surface area contributed by atoms with Crippen molar-refractivity contribution in [3.63, 3.8) is 0 Å². The van der Waals surface area contributed by atoms with E-state index in [-0.39, 0.29) is 5.91 Å². The second-order valence-electron chi connectivity index (χ2n) is 5.88. The molecule has 0 aliphatic carbocycles. The van der Waals surface area contributed by atoms with Crippen LogP contribution in [-0.4, -0.2) is 25.1 Å². The zero-order chi connectivity index (χ0) is 18.4. The molecule has 1 amide bonds. The molecular weight excluding hydrogens is 336 g/mol. The van der Waals surface area contributed by atoms with Crippen LogP contribution in [0.4, 0.5) is 11.4 Å². The minimum absolute atomic E-state index is 0.190. The molecule has 4 nitrogen and oxygen atoms in total. The third kappa shape index (κ3) is 5.13. The van der Waals surface area contributed by atoms with E-state index in [9.17, 15) is 4.79 Å². The van der Waals surface area contributed by atoms with E-state index in [0.29, 0.717) is 10.8 Å². The van der Waals surface area contributed by atoms with Crippen LogP contribution in [0.3, 0.4) is 0 Å². The first-order chi connectivity index (χ1) is 11.9. The highest BCUT2D eigenvalue weighted by molar-refractivity contribution is 6.30. The number of aryl methyl sites for hydroxylation is 1. The molecular formula is C20H25ClN2O2. The number of hydrogen-bond donors (Lipinski definition) is 1. The number of ether oxygens (including phenoxy) is 1. The SMILES string of the molecule is CCN(CC)c1ccc(NC(=O)C(C)Oc2ccc(Cl)cc2C)cc1. The minimum Gasteiger partial charge on any atom is -0.481 e. The quantitative estimate of drug-likeness (QED) is 0.763. The van der Waals surface area contributed by atoms with Gasteiger partial charge in [0.2, 0.25) is 0 Å². The summed E-state index contributed by atoms with van der Waals surface area (Å²) in [6.45, 7) is 9.78. The van der Waals surface area contributed by atoms with Crippen molar-refractivity contribution in [3.05, 3.63) is 53.1 Å². The number of benzene rings is 2. The molecule has 0 fully saturated rings. The van der Waals surface area contributed by atoms with Crippen molar-refractivity contribution in [2.45, 2.75) is 33.8 Å². The maximum Gasteiger partial charge on any atom is 0.265 e. The van der Waals surface area contributed by atoms with E-state index in [1.807, 2.05) is 37.3 Å². The molecule has 25 heavy (non-hydrogen) atoms. The van der Waals surface area contributed by atoms with Gasteiger partial charge in [0.05, 0.1) is 0 Å². The first kappa shape index (κ1) is 19.1. The molecule has 0 radical (unpaired) electrons. The average Bonchev–Trinajstić information content (AvgIpc) is 2.59. The largest absolute Gasteiger partial charge is 0.481 e. The van der Waals surface area contributed by atoms with E-state index in [0.717, 1.165) is 30.0 Å². The van der Waals surface area contributed by atoms with Gasteiger partial charge in [0.25, 0.3) is 5.91 Å². The van der Waals surface area contributed by atoms with Crippen molar-refractivity contribution < 1.29 is 9.53 Å². The number of carbonyl (C=O) groups is 1. The minimum atomic E-state index is -0.609. The highest BCUT2D eigenvalue weighted by atomic mass is 35.5. The summed E-state index contributed by atoms with van der Waals surface area (Å²) in [6.07, 6.45) is -0.609. The Morgan fingerprint density at radius 2 is 1.80 bits per heavy atom. The van der Waals surface area contributed by atoms with Crippen LogP contribution in [0.15, 0.2) is 42.5 Å². The van der Waals surface area contributed by atoms with Gasteiger partial charge in [0.1, 0.15) is 5.75 Å². The topological polar surface area (TPSA) is 41.6 Å². The summed E-state index contributed by atoms with van der Waals surface area (Å²) in [5.41, 5.74) is 2.80. The van der Waals surface area contributed by atoms with Crippen molar-refractivity contribution in [1.82, 2.24) is 0 Å². The summed E-state index contributed by atoms with van der Waals surface area (Å²) >= 11 is 5.94.